The summed E-state index contributed by atoms with van der Waals surface area (Å²) in [4.78, 5) is 16.1. The predicted molar refractivity (Wildman–Crippen MR) is 119 cm³/mol. The first-order valence-corrected chi connectivity index (χ1v) is 10.8. The highest BCUT2D eigenvalue weighted by Gasteiger charge is 2.33. The highest BCUT2D eigenvalue weighted by Crippen LogP contribution is 2.36. The Morgan fingerprint density at radius 1 is 1.27 bits per heavy atom. The molecular formula is C24H25F3N4O2. The molecule has 0 unspecified atom stereocenters. The fraction of sp³-hybridized carbons (Fsp3) is 0.375. The second-order valence-electron chi connectivity index (χ2n) is 8.28. The number of aromatic nitrogens is 3. The van der Waals surface area contributed by atoms with Gasteiger partial charge in [-0.15, -0.1) is 6.58 Å². The third kappa shape index (κ3) is 5.02. The van der Waals surface area contributed by atoms with Crippen LogP contribution in [0.1, 0.15) is 54.3 Å². The molecule has 1 aliphatic rings. The summed E-state index contributed by atoms with van der Waals surface area (Å²) in [6, 6.07) is 6.94. The molecular weight excluding hydrogens is 433 g/mol. The average Bonchev–Trinajstić information content (AvgIpc) is 3.21. The van der Waals surface area contributed by atoms with Crippen LogP contribution in [0.4, 0.5) is 18.9 Å². The van der Waals surface area contributed by atoms with E-state index in [-0.39, 0.29) is 5.69 Å². The van der Waals surface area contributed by atoms with Crippen LogP contribution < -0.4 is 10.1 Å². The molecule has 1 fully saturated rings. The van der Waals surface area contributed by atoms with Crippen molar-refractivity contribution in [1.29, 1.82) is 0 Å². The Morgan fingerprint density at radius 3 is 2.70 bits per heavy atom. The number of carbonyl (C=O) groups is 1. The molecule has 174 valence electrons. The van der Waals surface area contributed by atoms with Gasteiger partial charge in [-0.25, -0.2) is 4.98 Å². The van der Waals surface area contributed by atoms with Crippen molar-refractivity contribution in [3.63, 3.8) is 0 Å². The lowest BCUT2D eigenvalue weighted by molar-refractivity contribution is -0.141. The zero-order chi connectivity index (χ0) is 23.6. The number of alkyl halides is 3. The van der Waals surface area contributed by atoms with E-state index in [0.717, 1.165) is 55.1 Å². The smallest absolute Gasteiger partial charge is 0.433 e. The lowest BCUT2D eigenvalue weighted by Gasteiger charge is -2.27. The van der Waals surface area contributed by atoms with Crippen LogP contribution in [-0.2, 0) is 6.18 Å². The van der Waals surface area contributed by atoms with Gasteiger partial charge in [-0.05, 0) is 56.2 Å². The van der Waals surface area contributed by atoms with Crippen molar-refractivity contribution in [1.82, 2.24) is 14.8 Å². The highest BCUT2D eigenvalue weighted by atomic mass is 19.4. The second kappa shape index (κ2) is 9.25. The quantitative estimate of drug-likeness (QED) is 0.459. The number of nitrogens with zero attached hydrogens (tertiary/aromatic N) is 3. The summed E-state index contributed by atoms with van der Waals surface area (Å²) in [5, 5.41) is 8.12. The molecule has 0 radical (unpaired) electrons. The van der Waals surface area contributed by atoms with E-state index in [1.54, 1.807) is 12.1 Å². The van der Waals surface area contributed by atoms with Crippen LogP contribution in [0.3, 0.4) is 0 Å². The van der Waals surface area contributed by atoms with Gasteiger partial charge in [0.2, 0.25) is 0 Å². The molecule has 1 saturated carbocycles. The Kier molecular flexibility index (Phi) is 6.40. The number of benzene rings is 1. The largest absolute Gasteiger partial charge is 0.494 e. The molecule has 1 aromatic carbocycles. The SMILES string of the molecule is C=CC[C@H]1CC[C@H](n2cc3cc(NC(=O)c4cccc(C(F)(F)F)n4)c(OC)cc3n2)CC1. The minimum atomic E-state index is -4.63. The minimum Gasteiger partial charge on any atom is -0.494 e. The molecule has 2 heterocycles. The van der Waals surface area contributed by atoms with E-state index in [0.29, 0.717) is 23.4 Å². The molecule has 0 aliphatic heterocycles. The number of halogens is 3. The van der Waals surface area contributed by atoms with Crippen molar-refractivity contribution < 1.29 is 22.7 Å². The fourth-order valence-electron chi connectivity index (χ4n) is 4.31. The summed E-state index contributed by atoms with van der Waals surface area (Å²) < 4.78 is 46.2. The summed E-state index contributed by atoms with van der Waals surface area (Å²) in [6.07, 6.45) is 4.64. The number of methoxy groups -OCH3 is 1. The maximum absolute atomic E-state index is 12.9. The molecule has 4 rings (SSSR count). The summed E-state index contributed by atoms with van der Waals surface area (Å²) in [5.41, 5.74) is -0.403. The van der Waals surface area contributed by atoms with Gasteiger partial charge in [-0.3, -0.25) is 9.48 Å². The molecule has 0 bridgehead atoms. The van der Waals surface area contributed by atoms with Gasteiger partial charge in [0.05, 0.1) is 24.4 Å². The number of carbonyl (C=O) groups excluding carboxylic acids is 1. The summed E-state index contributed by atoms with van der Waals surface area (Å²) in [6.45, 7) is 3.83. The van der Waals surface area contributed by atoms with E-state index in [2.05, 4.69) is 16.9 Å². The van der Waals surface area contributed by atoms with Crippen molar-refractivity contribution in [2.75, 3.05) is 12.4 Å². The predicted octanol–water partition coefficient (Wildman–Crippen LogP) is 6.02. The Balaban J connectivity index is 1.56. The zero-order valence-electron chi connectivity index (χ0n) is 18.2. The lowest BCUT2D eigenvalue weighted by atomic mass is 9.84. The Labute approximate surface area is 189 Å². The number of rotatable bonds is 6. The van der Waals surface area contributed by atoms with E-state index in [1.807, 2.05) is 17.0 Å². The maximum atomic E-state index is 12.9. The maximum Gasteiger partial charge on any atom is 0.433 e. The Morgan fingerprint density at radius 2 is 2.03 bits per heavy atom. The van der Waals surface area contributed by atoms with E-state index in [1.165, 1.54) is 13.2 Å². The van der Waals surface area contributed by atoms with E-state index >= 15 is 0 Å². The van der Waals surface area contributed by atoms with Gasteiger partial charge >= 0.3 is 6.18 Å². The van der Waals surface area contributed by atoms with Crippen molar-refractivity contribution in [3.05, 3.63) is 60.6 Å². The first-order valence-electron chi connectivity index (χ1n) is 10.8. The van der Waals surface area contributed by atoms with Crippen molar-refractivity contribution in [3.8, 4) is 5.75 Å². The molecule has 9 heteroatoms. The first kappa shape index (κ1) is 22.8. The number of amides is 1. The van der Waals surface area contributed by atoms with E-state index in [4.69, 9.17) is 9.84 Å². The number of ether oxygens (including phenoxy) is 1. The topological polar surface area (TPSA) is 69.0 Å². The molecule has 0 saturated heterocycles. The van der Waals surface area contributed by atoms with Gasteiger partial charge in [-0.2, -0.15) is 18.3 Å². The lowest BCUT2D eigenvalue weighted by Crippen LogP contribution is -2.18. The summed E-state index contributed by atoms with van der Waals surface area (Å²) in [5.74, 6) is 0.282. The minimum absolute atomic E-state index is 0.303. The van der Waals surface area contributed by atoms with Crippen LogP contribution in [0.25, 0.3) is 10.9 Å². The van der Waals surface area contributed by atoms with Gasteiger partial charge in [0.15, 0.2) is 0 Å². The molecule has 1 aliphatic carbocycles. The van der Waals surface area contributed by atoms with Crippen LogP contribution in [0.2, 0.25) is 0 Å². The van der Waals surface area contributed by atoms with Gasteiger partial charge in [-0.1, -0.05) is 12.1 Å². The summed E-state index contributed by atoms with van der Waals surface area (Å²) >= 11 is 0. The fourth-order valence-corrected chi connectivity index (χ4v) is 4.31. The standard InChI is InChI=1S/C24H25F3N4O2/c1-3-5-15-8-10-17(11-9-15)31-14-16-12-20(21(33-2)13-19(16)30-31)29-23(32)18-6-4-7-22(28-18)24(25,26)27/h3-4,6-7,12-15,17H,1,5,8-11H2,2H3,(H,29,32)/t15-,17-. The van der Waals surface area contributed by atoms with E-state index in [9.17, 15) is 18.0 Å². The Bertz CT molecular complexity index is 1160. The van der Waals surface area contributed by atoms with Crippen LogP contribution in [0.5, 0.6) is 5.75 Å². The molecule has 33 heavy (non-hydrogen) atoms. The molecule has 6 nitrogen and oxygen atoms in total. The number of hydrogen-bond acceptors (Lipinski definition) is 4. The van der Waals surface area contributed by atoms with Crippen LogP contribution >= 0.6 is 0 Å². The van der Waals surface area contributed by atoms with Gasteiger partial charge in [0.1, 0.15) is 17.1 Å². The Hall–Kier alpha value is -3.36. The van der Waals surface area contributed by atoms with Gasteiger partial charge in [0.25, 0.3) is 5.91 Å². The number of hydrogen-bond donors (Lipinski definition) is 1. The second-order valence-corrected chi connectivity index (χ2v) is 8.28. The monoisotopic (exact) mass is 458 g/mol. The molecule has 0 spiro atoms. The average molecular weight is 458 g/mol. The highest BCUT2D eigenvalue weighted by molar-refractivity contribution is 6.05. The van der Waals surface area contributed by atoms with Gasteiger partial charge < -0.3 is 10.1 Å². The van der Waals surface area contributed by atoms with Crippen LogP contribution in [-0.4, -0.2) is 27.8 Å². The number of fused-ring (bicyclic) bond motifs is 1. The van der Waals surface area contributed by atoms with Crippen molar-refractivity contribution in [2.24, 2.45) is 5.92 Å². The molecule has 3 aromatic rings. The zero-order valence-corrected chi connectivity index (χ0v) is 18.2. The number of nitrogens with one attached hydrogen (secondary N) is 1. The molecule has 1 N–H and O–H groups in total. The van der Waals surface area contributed by atoms with Crippen molar-refractivity contribution >= 4 is 22.5 Å². The third-order valence-corrected chi connectivity index (χ3v) is 6.05. The van der Waals surface area contributed by atoms with E-state index < -0.39 is 17.8 Å². The van der Waals surface area contributed by atoms with Crippen LogP contribution in [0, 0.1) is 5.92 Å². The molecule has 2 aromatic heterocycles. The normalized spacial score (nSPS) is 18.8. The van der Waals surface area contributed by atoms with Crippen molar-refractivity contribution in [2.45, 2.75) is 44.3 Å². The molecule has 0 atom stereocenters. The van der Waals surface area contributed by atoms with Gasteiger partial charge in [0, 0.05) is 17.6 Å². The number of pyridine rings is 1. The molecule has 1 amide bonds. The number of allylic oxidation sites excluding steroid dienone is 1. The summed E-state index contributed by atoms with van der Waals surface area (Å²) in [7, 11) is 1.46. The third-order valence-electron chi connectivity index (χ3n) is 6.05. The first-order chi connectivity index (χ1) is 15.8. The number of anilines is 1. The van der Waals surface area contributed by atoms with Crippen LogP contribution in [0.15, 0.2) is 49.2 Å².